The van der Waals surface area contributed by atoms with Crippen molar-refractivity contribution in [2.24, 2.45) is 5.41 Å². The largest absolute Gasteiger partial charge is 0.466 e. The molecule has 11 heteroatoms. The summed E-state index contributed by atoms with van der Waals surface area (Å²) in [7, 11) is 0.822. The van der Waals surface area contributed by atoms with Crippen LogP contribution in [-0.2, 0) is 24.7 Å². The van der Waals surface area contributed by atoms with E-state index < -0.39 is 40.8 Å². The molecule has 1 saturated heterocycles. The van der Waals surface area contributed by atoms with Gasteiger partial charge >= 0.3 is 12.1 Å². The number of carbonyl (C=O) groups is 2. The third-order valence-corrected chi connectivity index (χ3v) is 6.84. The summed E-state index contributed by atoms with van der Waals surface area (Å²) in [4.78, 5) is 31.0. The van der Waals surface area contributed by atoms with Crippen LogP contribution in [0.4, 0.5) is 17.6 Å². The molecule has 0 saturated carbocycles. The topological polar surface area (TPSA) is 92.5 Å². The van der Waals surface area contributed by atoms with Gasteiger partial charge in [-0.15, -0.1) is 0 Å². The van der Waals surface area contributed by atoms with Crippen LogP contribution in [0.1, 0.15) is 43.4 Å². The van der Waals surface area contributed by atoms with E-state index in [1.807, 2.05) is 6.07 Å². The fourth-order valence-electron chi connectivity index (χ4n) is 4.95. The van der Waals surface area contributed by atoms with E-state index in [2.05, 4.69) is 4.98 Å². The number of nitriles is 1. The van der Waals surface area contributed by atoms with Crippen LogP contribution in [0.25, 0.3) is 0 Å². The van der Waals surface area contributed by atoms with Crippen molar-refractivity contribution in [1.29, 1.82) is 5.26 Å². The van der Waals surface area contributed by atoms with Crippen LogP contribution < -0.4 is 0 Å². The summed E-state index contributed by atoms with van der Waals surface area (Å²) < 4.78 is 67.8. The predicted molar refractivity (Wildman–Crippen MR) is 123 cm³/mol. The average Bonchev–Trinajstić information content (AvgIpc) is 2.86. The van der Waals surface area contributed by atoms with E-state index in [-0.39, 0.29) is 50.2 Å². The Morgan fingerprint density at radius 3 is 2.32 bits per heavy atom. The van der Waals surface area contributed by atoms with Crippen LogP contribution in [-0.4, -0.2) is 54.7 Å². The molecule has 2 heterocycles. The lowest BCUT2D eigenvalue weighted by molar-refractivity contribution is -0.271. The molecule has 7 nitrogen and oxygen atoms in total. The van der Waals surface area contributed by atoms with Gasteiger partial charge in [0.05, 0.1) is 30.7 Å². The first-order chi connectivity index (χ1) is 17.6. The number of likely N-dealkylation sites (tertiary alicyclic amines) is 1. The van der Waals surface area contributed by atoms with Crippen molar-refractivity contribution in [1.82, 2.24) is 9.88 Å². The number of esters is 1. The Hall–Kier alpha value is -3.52. The molecular formula is C26H27F4N3O4. The molecule has 37 heavy (non-hydrogen) atoms. The van der Waals surface area contributed by atoms with Crippen LogP contribution in [0.2, 0.25) is 0 Å². The number of alkyl halides is 3. The number of pyridine rings is 1. The minimum atomic E-state index is -5.08. The minimum absolute atomic E-state index is 0.0573. The Balaban J connectivity index is 1.98. The van der Waals surface area contributed by atoms with Gasteiger partial charge in [-0.3, -0.25) is 14.6 Å². The van der Waals surface area contributed by atoms with Crippen molar-refractivity contribution in [3.05, 3.63) is 65.7 Å². The van der Waals surface area contributed by atoms with Crippen LogP contribution in [0.5, 0.6) is 0 Å². The third-order valence-electron chi connectivity index (χ3n) is 6.84. The number of piperidine rings is 1. The molecule has 0 aliphatic carbocycles. The second-order valence-electron chi connectivity index (χ2n) is 8.82. The summed E-state index contributed by atoms with van der Waals surface area (Å²) in [6.07, 6.45) is -4.16. The molecular weight excluding hydrogens is 494 g/mol. The number of hydrogen-bond acceptors (Lipinski definition) is 6. The molecule has 2 atom stereocenters. The maximum atomic E-state index is 14.6. The van der Waals surface area contributed by atoms with Crippen LogP contribution in [0, 0.1) is 22.6 Å². The Kier molecular flexibility index (Phi) is 8.53. The molecule has 198 valence electrons. The first-order valence-corrected chi connectivity index (χ1v) is 11.7. The van der Waals surface area contributed by atoms with Crippen molar-refractivity contribution < 1.29 is 36.6 Å². The van der Waals surface area contributed by atoms with Gasteiger partial charge in [-0.05, 0) is 31.9 Å². The second-order valence-corrected chi connectivity index (χ2v) is 8.82. The zero-order valence-corrected chi connectivity index (χ0v) is 20.4. The predicted octanol–water partition coefficient (Wildman–Crippen LogP) is 4.49. The third kappa shape index (κ3) is 5.30. The minimum Gasteiger partial charge on any atom is -0.466 e. The normalized spacial score (nSPS) is 17.8. The second kappa shape index (κ2) is 11.3. The zero-order valence-electron chi connectivity index (χ0n) is 20.4. The number of halogens is 4. The molecule has 0 N–H and O–H groups in total. The summed E-state index contributed by atoms with van der Waals surface area (Å²) >= 11 is 0. The fraction of sp³-hybridized carbons (Fsp3) is 0.462. The molecule has 1 unspecified atom stereocenters. The highest BCUT2D eigenvalue weighted by Crippen LogP contribution is 2.49. The zero-order chi connectivity index (χ0) is 27.3. The first-order valence-electron chi connectivity index (χ1n) is 11.7. The van der Waals surface area contributed by atoms with E-state index in [1.165, 1.54) is 42.6 Å². The lowest BCUT2D eigenvalue weighted by Crippen LogP contribution is -2.59. The number of methoxy groups -OCH3 is 1. The van der Waals surface area contributed by atoms with Crippen LogP contribution in [0.3, 0.4) is 0 Å². The first kappa shape index (κ1) is 28.1. The van der Waals surface area contributed by atoms with Crippen molar-refractivity contribution >= 4 is 11.9 Å². The van der Waals surface area contributed by atoms with E-state index in [1.54, 1.807) is 6.92 Å². The van der Waals surface area contributed by atoms with E-state index in [9.17, 15) is 32.4 Å². The summed E-state index contributed by atoms with van der Waals surface area (Å²) in [6.45, 7) is 1.24. The number of carbonyl (C=O) groups excluding carboxylic acids is 2. The van der Waals surface area contributed by atoms with Crippen molar-refractivity contribution in [3.63, 3.8) is 0 Å². The van der Waals surface area contributed by atoms with Gasteiger partial charge < -0.3 is 14.4 Å². The molecule has 1 aromatic heterocycles. The molecule has 0 radical (unpaired) electrons. The van der Waals surface area contributed by atoms with Gasteiger partial charge in [-0.2, -0.15) is 18.4 Å². The molecule has 3 rings (SSSR count). The highest BCUT2D eigenvalue weighted by molar-refractivity contribution is 5.88. The number of amides is 1. The van der Waals surface area contributed by atoms with E-state index >= 15 is 0 Å². The Morgan fingerprint density at radius 1 is 1.16 bits per heavy atom. The number of hydrogen-bond donors (Lipinski definition) is 0. The smallest absolute Gasteiger partial charge is 0.430 e. The molecule has 1 aliphatic rings. The Labute approximate surface area is 212 Å². The quantitative estimate of drug-likeness (QED) is 0.375. The van der Waals surface area contributed by atoms with E-state index in [4.69, 9.17) is 9.47 Å². The monoisotopic (exact) mass is 521 g/mol. The SMILES string of the molecule is CCOC(=O)CC1(C(C#N)c2ncccc2F)CCN(C(=O)[C@](OC)(c2ccccc2)C(F)(F)F)CC1. The Bertz CT molecular complexity index is 1140. The van der Waals surface area contributed by atoms with Crippen LogP contribution in [0.15, 0.2) is 48.7 Å². The van der Waals surface area contributed by atoms with Gasteiger partial charge in [0, 0.05) is 37.4 Å². The Morgan fingerprint density at radius 2 is 1.81 bits per heavy atom. The molecule has 0 bridgehead atoms. The van der Waals surface area contributed by atoms with Gasteiger partial charge in [-0.25, -0.2) is 4.39 Å². The highest BCUT2D eigenvalue weighted by atomic mass is 19.4. The van der Waals surface area contributed by atoms with Gasteiger partial charge in [0.1, 0.15) is 5.82 Å². The van der Waals surface area contributed by atoms with E-state index in [0.29, 0.717) is 0 Å². The fourth-order valence-corrected chi connectivity index (χ4v) is 4.95. The van der Waals surface area contributed by atoms with Crippen molar-refractivity contribution in [2.45, 2.75) is 43.9 Å². The van der Waals surface area contributed by atoms with Crippen molar-refractivity contribution in [2.75, 3.05) is 26.8 Å². The maximum absolute atomic E-state index is 14.6. The lowest BCUT2D eigenvalue weighted by atomic mass is 9.65. The van der Waals surface area contributed by atoms with Gasteiger partial charge in [0.25, 0.3) is 11.5 Å². The maximum Gasteiger partial charge on any atom is 0.430 e. The molecule has 1 aromatic carbocycles. The average molecular weight is 522 g/mol. The lowest BCUT2D eigenvalue weighted by Gasteiger charge is -2.46. The van der Waals surface area contributed by atoms with Crippen molar-refractivity contribution in [3.8, 4) is 6.07 Å². The molecule has 1 aliphatic heterocycles. The summed E-state index contributed by atoms with van der Waals surface area (Å²) in [5.41, 5.74) is -4.99. The molecule has 1 fully saturated rings. The van der Waals surface area contributed by atoms with Gasteiger partial charge in [-0.1, -0.05) is 30.3 Å². The highest BCUT2D eigenvalue weighted by Gasteiger charge is 2.64. The molecule has 0 spiro atoms. The summed E-state index contributed by atoms with van der Waals surface area (Å²) in [5.74, 6) is -3.88. The molecule has 2 aromatic rings. The molecule has 1 amide bonds. The number of benzene rings is 1. The number of ether oxygens (including phenoxy) is 2. The standard InChI is InChI=1S/C26H27F4N3O4/c1-3-37-21(34)16-24(19(17-31)22-20(27)10-7-13-32-22)11-14-33(15-12-24)23(35)25(36-2,26(28,29)30)18-8-5-4-6-9-18/h4-10,13,19H,3,11-12,14-16H2,1-2H3/t19?,25-/m1/s1. The number of aromatic nitrogens is 1. The number of rotatable bonds is 8. The number of nitrogens with zero attached hydrogens (tertiary/aromatic N) is 3. The summed E-state index contributed by atoms with van der Waals surface area (Å²) in [6, 6.07) is 11.1. The van der Waals surface area contributed by atoms with Crippen LogP contribution >= 0.6 is 0 Å². The van der Waals surface area contributed by atoms with E-state index in [0.717, 1.165) is 18.1 Å². The summed E-state index contributed by atoms with van der Waals surface area (Å²) in [5, 5.41) is 10.0. The van der Waals surface area contributed by atoms with Gasteiger partial charge in [0.2, 0.25) is 0 Å². The van der Waals surface area contributed by atoms with Gasteiger partial charge in [0.15, 0.2) is 0 Å².